The molecule has 0 amide bonds. The van der Waals surface area contributed by atoms with Crippen molar-refractivity contribution < 1.29 is 13.9 Å². The van der Waals surface area contributed by atoms with E-state index in [2.05, 4.69) is 20.9 Å². The number of amidine groups is 1. The topological polar surface area (TPSA) is 56.8 Å². The quantitative estimate of drug-likeness (QED) is 0.759. The highest BCUT2D eigenvalue weighted by molar-refractivity contribution is 9.10. The molecule has 0 aliphatic carbocycles. The summed E-state index contributed by atoms with van der Waals surface area (Å²) >= 11 is 4.95. The van der Waals surface area contributed by atoms with Crippen LogP contribution >= 0.6 is 27.7 Å². The van der Waals surface area contributed by atoms with Crippen molar-refractivity contribution >= 4 is 32.9 Å². The molecule has 0 aromatic heterocycles. The van der Waals surface area contributed by atoms with Crippen LogP contribution in [0.1, 0.15) is 17.5 Å². The van der Waals surface area contributed by atoms with Crippen LogP contribution in [0.3, 0.4) is 0 Å². The number of nitrogens with two attached hydrogens (primary N) is 1. The van der Waals surface area contributed by atoms with Crippen LogP contribution in [0, 0.1) is 5.82 Å². The largest absolute Gasteiger partial charge is 0.497 e. The predicted octanol–water partition coefficient (Wildman–Crippen LogP) is 4.40. The summed E-state index contributed by atoms with van der Waals surface area (Å²) in [4.78, 5) is 4.29. The standard InChI is InChI=1S/C17H14BrFN2O2S/c1-22-10-7-12-15(13(19)8-10)23-14-3-2-9(18)6-11(14)17(12)4-5-21-16(20)24-17/h2-3,6-8H,4-5H2,1H3,(H2,20,21). The number of halogens is 2. The summed E-state index contributed by atoms with van der Waals surface area (Å²) in [5.41, 5.74) is 7.72. The number of hydrogen-bond acceptors (Lipinski definition) is 5. The van der Waals surface area contributed by atoms with Crippen LogP contribution in [0.4, 0.5) is 4.39 Å². The maximum Gasteiger partial charge on any atom is 0.169 e. The van der Waals surface area contributed by atoms with Crippen molar-refractivity contribution in [2.75, 3.05) is 13.7 Å². The molecule has 2 aliphatic rings. The average Bonchev–Trinajstić information content (AvgIpc) is 2.56. The number of nitrogens with zero attached hydrogens (tertiary/aromatic N) is 1. The van der Waals surface area contributed by atoms with E-state index in [1.807, 2.05) is 24.3 Å². The second-order valence-electron chi connectivity index (χ2n) is 5.63. The Balaban J connectivity index is 2.03. The number of aliphatic imine (C=N–C) groups is 1. The Hall–Kier alpha value is -1.73. The maximum absolute atomic E-state index is 14.6. The van der Waals surface area contributed by atoms with Crippen LogP contribution in [0.5, 0.6) is 17.2 Å². The van der Waals surface area contributed by atoms with Crippen molar-refractivity contribution in [3.63, 3.8) is 0 Å². The van der Waals surface area contributed by atoms with Gasteiger partial charge in [0.25, 0.3) is 0 Å². The Morgan fingerprint density at radius 2 is 2.17 bits per heavy atom. The molecule has 0 bridgehead atoms. The van der Waals surface area contributed by atoms with E-state index in [4.69, 9.17) is 15.2 Å². The monoisotopic (exact) mass is 408 g/mol. The number of hydrogen-bond donors (Lipinski definition) is 1. The molecule has 2 N–H and O–H groups in total. The van der Waals surface area contributed by atoms with Crippen molar-refractivity contribution in [1.82, 2.24) is 0 Å². The molecule has 24 heavy (non-hydrogen) atoms. The lowest BCUT2D eigenvalue weighted by Gasteiger charge is -2.41. The Labute approximate surface area is 151 Å². The first-order chi connectivity index (χ1) is 11.5. The fraction of sp³-hybridized carbons (Fsp3) is 0.235. The highest BCUT2D eigenvalue weighted by atomic mass is 79.9. The number of ether oxygens (including phenoxy) is 2. The van der Waals surface area contributed by atoms with Gasteiger partial charge in [0, 0.05) is 28.2 Å². The van der Waals surface area contributed by atoms with Crippen LogP contribution < -0.4 is 15.2 Å². The zero-order chi connectivity index (χ0) is 16.9. The third kappa shape index (κ3) is 2.29. The molecule has 2 heterocycles. The minimum absolute atomic E-state index is 0.229. The number of rotatable bonds is 1. The van der Waals surface area contributed by atoms with Crippen LogP contribution in [0.25, 0.3) is 0 Å². The van der Waals surface area contributed by atoms with Gasteiger partial charge in [0.2, 0.25) is 0 Å². The molecular weight excluding hydrogens is 395 g/mol. The summed E-state index contributed by atoms with van der Waals surface area (Å²) in [5, 5.41) is 0.489. The van der Waals surface area contributed by atoms with Crippen LogP contribution in [-0.2, 0) is 4.75 Å². The maximum atomic E-state index is 14.6. The van der Waals surface area contributed by atoms with E-state index in [0.29, 0.717) is 29.6 Å². The number of benzene rings is 2. The Bertz CT molecular complexity index is 874. The normalized spacial score (nSPS) is 21.5. The summed E-state index contributed by atoms with van der Waals surface area (Å²) in [7, 11) is 1.52. The molecule has 1 atom stereocenters. The Morgan fingerprint density at radius 3 is 2.92 bits per heavy atom. The van der Waals surface area contributed by atoms with Gasteiger partial charge in [0.05, 0.1) is 11.9 Å². The van der Waals surface area contributed by atoms with E-state index in [9.17, 15) is 4.39 Å². The van der Waals surface area contributed by atoms with E-state index in [0.717, 1.165) is 15.6 Å². The fourth-order valence-electron chi connectivity index (χ4n) is 3.22. The summed E-state index contributed by atoms with van der Waals surface area (Å²) in [5.74, 6) is 0.873. The van der Waals surface area contributed by atoms with Crippen molar-refractivity contribution in [2.45, 2.75) is 11.2 Å². The third-order valence-electron chi connectivity index (χ3n) is 4.29. The number of fused-ring (bicyclic) bond motifs is 4. The summed E-state index contributed by atoms with van der Waals surface area (Å²) in [6.45, 7) is 0.572. The van der Waals surface area contributed by atoms with Crippen molar-refractivity contribution in [2.24, 2.45) is 10.7 Å². The van der Waals surface area contributed by atoms with Crippen molar-refractivity contribution in [3.8, 4) is 17.2 Å². The van der Waals surface area contributed by atoms with E-state index >= 15 is 0 Å². The van der Waals surface area contributed by atoms with Gasteiger partial charge in [-0.1, -0.05) is 27.7 Å². The van der Waals surface area contributed by atoms with Gasteiger partial charge in [0.1, 0.15) is 11.5 Å². The lowest BCUT2D eigenvalue weighted by molar-refractivity contribution is 0.382. The molecular formula is C17H14BrFN2O2S. The molecule has 2 aromatic rings. The first kappa shape index (κ1) is 15.8. The molecule has 124 valence electrons. The first-order valence-corrected chi connectivity index (χ1v) is 8.99. The van der Waals surface area contributed by atoms with Crippen molar-refractivity contribution in [1.29, 1.82) is 0 Å². The molecule has 2 aliphatic heterocycles. The van der Waals surface area contributed by atoms with Crippen LogP contribution in [-0.4, -0.2) is 18.8 Å². The molecule has 2 aromatic carbocycles. The molecule has 4 nitrogen and oxygen atoms in total. The molecule has 1 spiro atoms. The first-order valence-electron chi connectivity index (χ1n) is 7.38. The average molecular weight is 409 g/mol. The molecule has 1 unspecified atom stereocenters. The van der Waals surface area contributed by atoms with Gasteiger partial charge < -0.3 is 15.2 Å². The van der Waals surface area contributed by atoms with E-state index in [1.54, 1.807) is 0 Å². The molecule has 0 saturated heterocycles. The Morgan fingerprint density at radius 1 is 1.33 bits per heavy atom. The van der Waals surface area contributed by atoms with Gasteiger partial charge in [-0.05, 0) is 30.7 Å². The van der Waals surface area contributed by atoms with Gasteiger partial charge in [-0.2, -0.15) is 0 Å². The lowest BCUT2D eigenvalue weighted by Crippen LogP contribution is -2.35. The molecule has 4 rings (SSSR count). The summed E-state index contributed by atoms with van der Waals surface area (Å²) < 4.78 is 26.2. The minimum Gasteiger partial charge on any atom is -0.497 e. The highest BCUT2D eigenvalue weighted by Crippen LogP contribution is 2.58. The van der Waals surface area contributed by atoms with Crippen LogP contribution in [0.2, 0.25) is 0 Å². The van der Waals surface area contributed by atoms with Gasteiger partial charge >= 0.3 is 0 Å². The smallest absolute Gasteiger partial charge is 0.169 e. The summed E-state index contributed by atoms with van der Waals surface area (Å²) in [6.07, 6.45) is 0.699. The third-order valence-corrected chi connectivity index (χ3v) is 6.11. The zero-order valence-corrected chi connectivity index (χ0v) is 15.2. The van der Waals surface area contributed by atoms with Gasteiger partial charge in [-0.15, -0.1) is 0 Å². The molecule has 0 fully saturated rings. The lowest BCUT2D eigenvalue weighted by atomic mass is 9.84. The van der Waals surface area contributed by atoms with Crippen molar-refractivity contribution in [3.05, 3.63) is 51.7 Å². The predicted molar refractivity (Wildman–Crippen MR) is 96.6 cm³/mol. The fourth-order valence-corrected chi connectivity index (χ4v) is 4.81. The van der Waals surface area contributed by atoms with E-state index in [-0.39, 0.29) is 5.75 Å². The second kappa shape index (κ2) is 5.67. The minimum atomic E-state index is -0.548. The molecule has 0 saturated carbocycles. The molecule has 7 heteroatoms. The van der Waals surface area contributed by atoms with Crippen LogP contribution in [0.15, 0.2) is 39.8 Å². The van der Waals surface area contributed by atoms with Gasteiger partial charge in [-0.3, -0.25) is 4.99 Å². The Kier molecular flexibility index (Phi) is 3.73. The highest BCUT2D eigenvalue weighted by Gasteiger charge is 2.46. The molecule has 0 radical (unpaired) electrons. The zero-order valence-electron chi connectivity index (χ0n) is 12.8. The van der Waals surface area contributed by atoms with Gasteiger partial charge in [-0.25, -0.2) is 4.39 Å². The van der Waals surface area contributed by atoms with E-state index in [1.165, 1.54) is 24.9 Å². The number of methoxy groups -OCH3 is 1. The second-order valence-corrected chi connectivity index (χ2v) is 7.86. The summed E-state index contributed by atoms with van der Waals surface area (Å²) in [6, 6.07) is 8.89. The SMILES string of the molecule is COc1cc(F)c2c(c1)C1(CCN=C(N)S1)c1cc(Br)ccc1O2. The van der Waals surface area contributed by atoms with E-state index < -0.39 is 10.6 Å². The number of thioether (sulfide) groups is 1. The van der Waals surface area contributed by atoms with Gasteiger partial charge in [0.15, 0.2) is 16.7 Å².